The third-order valence-electron chi connectivity index (χ3n) is 7.22. The Morgan fingerprint density at radius 2 is 0.918 bits per heavy atom. The normalized spacial score (nSPS) is 12.1. The van der Waals surface area contributed by atoms with Crippen molar-refractivity contribution in [3.8, 4) is 11.1 Å². The van der Waals surface area contributed by atoms with E-state index in [1.165, 1.54) is 22.3 Å². The molecule has 0 heterocycles. The van der Waals surface area contributed by atoms with Gasteiger partial charge in [-0.15, -0.1) is 0 Å². The summed E-state index contributed by atoms with van der Waals surface area (Å²) >= 11 is 0. The second-order valence-corrected chi connectivity index (χ2v) is 10.7. The van der Waals surface area contributed by atoms with Gasteiger partial charge in [0.2, 0.25) is 0 Å². The zero-order valence-electron chi connectivity index (χ0n) is 28.7. The van der Waals surface area contributed by atoms with E-state index in [9.17, 15) is 9.59 Å². The first-order chi connectivity index (χ1) is 24.2. The van der Waals surface area contributed by atoms with E-state index in [0.717, 1.165) is 0 Å². The molecule has 0 saturated heterocycles. The van der Waals surface area contributed by atoms with Crippen LogP contribution in [0.5, 0.6) is 0 Å². The highest BCUT2D eigenvalue weighted by atomic mass is 16.6. The molecule has 1 aliphatic rings. The van der Waals surface area contributed by atoms with E-state index in [2.05, 4.69) is 29.6 Å². The first-order valence-corrected chi connectivity index (χ1v) is 17.1. The van der Waals surface area contributed by atoms with Crippen molar-refractivity contribution in [2.45, 2.75) is 19.3 Å². The topological polar surface area (TPSA) is 138 Å². The molecule has 0 saturated carbocycles. The van der Waals surface area contributed by atoms with Crippen LogP contribution >= 0.6 is 0 Å². The molecule has 0 unspecified atom stereocenters. The van der Waals surface area contributed by atoms with E-state index in [0.29, 0.717) is 119 Å². The molecule has 3 rings (SSSR count). The molecule has 0 atom stereocenters. The molecule has 0 fully saturated rings. The summed E-state index contributed by atoms with van der Waals surface area (Å²) in [6.45, 7) is 9.95. The number of alkyl carbamates (subject to hydrolysis) is 1. The maximum Gasteiger partial charge on any atom is 0.407 e. The SMILES string of the molecule is CCOC(=O)CCOCCOCCOCCOCCOCCOCCOCCOCCNC(=O)OCC1c2ccccc2-c2ccccc21. The van der Waals surface area contributed by atoms with Gasteiger partial charge in [-0.05, 0) is 29.2 Å². The summed E-state index contributed by atoms with van der Waals surface area (Å²) in [5, 5.41) is 2.74. The Morgan fingerprint density at radius 3 is 1.35 bits per heavy atom. The molecule has 274 valence electrons. The highest BCUT2D eigenvalue weighted by molar-refractivity contribution is 5.79. The van der Waals surface area contributed by atoms with Gasteiger partial charge in [0, 0.05) is 12.5 Å². The van der Waals surface area contributed by atoms with Crippen LogP contribution in [-0.4, -0.2) is 138 Å². The summed E-state index contributed by atoms with van der Waals surface area (Å²) in [6, 6.07) is 16.5. The van der Waals surface area contributed by atoms with Crippen LogP contribution < -0.4 is 5.32 Å². The maximum atomic E-state index is 12.2. The van der Waals surface area contributed by atoms with Crippen LogP contribution in [0.3, 0.4) is 0 Å². The largest absolute Gasteiger partial charge is 0.466 e. The van der Waals surface area contributed by atoms with Gasteiger partial charge >= 0.3 is 12.1 Å². The minimum Gasteiger partial charge on any atom is -0.466 e. The first kappa shape index (κ1) is 40.3. The monoisotopic (exact) mass is 691 g/mol. The fraction of sp³-hybridized carbons (Fsp3) is 0.611. The van der Waals surface area contributed by atoms with Gasteiger partial charge in [-0.2, -0.15) is 0 Å². The number of nitrogens with one attached hydrogen (secondary N) is 1. The molecule has 0 spiro atoms. The molecule has 0 radical (unpaired) electrons. The number of esters is 1. The molecule has 13 heteroatoms. The van der Waals surface area contributed by atoms with Crippen molar-refractivity contribution >= 4 is 12.1 Å². The first-order valence-electron chi connectivity index (χ1n) is 17.1. The van der Waals surface area contributed by atoms with Gasteiger partial charge in [-0.3, -0.25) is 4.79 Å². The Morgan fingerprint density at radius 1 is 0.531 bits per heavy atom. The Balaban J connectivity index is 0.986. The molecule has 0 aliphatic heterocycles. The summed E-state index contributed by atoms with van der Waals surface area (Å²) < 4.78 is 53.9. The van der Waals surface area contributed by atoms with Crippen LogP contribution in [0.15, 0.2) is 48.5 Å². The van der Waals surface area contributed by atoms with Crippen molar-refractivity contribution in [3.63, 3.8) is 0 Å². The summed E-state index contributed by atoms with van der Waals surface area (Å²) in [7, 11) is 0. The van der Waals surface area contributed by atoms with Gasteiger partial charge < -0.3 is 52.7 Å². The average Bonchev–Trinajstić information content (AvgIpc) is 3.44. The van der Waals surface area contributed by atoms with Gasteiger partial charge in [-0.1, -0.05) is 48.5 Å². The number of hydrogen-bond donors (Lipinski definition) is 1. The Kier molecular flexibility index (Phi) is 21.9. The number of carbonyl (C=O) groups is 2. The summed E-state index contributed by atoms with van der Waals surface area (Å²) in [6.07, 6.45) is -0.204. The minimum atomic E-state index is -0.455. The molecule has 1 aliphatic carbocycles. The summed E-state index contributed by atoms with van der Waals surface area (Å²) in [5.41, 5.74) is 4.76. The second kappa shape index (κ2) is 26.7. The van der Waals surface area contributed by atoms with Gasteiger partial charge in [0.25, 0.3) is 0 Å². The van der Waals surface area contributed by atoms with Crippen molar-refractivity contribution in [2.75, 3.05) is 125 Å². The second-order valence-electron chi connectivity index (χ2n) is 10.7. The van der Waals surface area contributed by atoms with E-state index in [4.69, 9.17) is 47.4 Å². The molecule has 0 bridgehead atoms. The molecule has 2 aromatic rings. The predicted molar refractivity (Wildman–Crippen MR) is 181 cm³/mol. The maximum absolute atomic E-state index is 12.2. The Labute approximate surface area is 289 Å². The predicted octanol–water partition coefficient (Wildman–Crippen LogP) is 3.61. The van der Waals surface area contributed by atoms with Crippen LogP contribution in [0, 0.1) is 0 Å². The smallest absolute Gasteiger partial charge is 0.407 e. The van der Waals surface area contributed by atoms with Crippen LogP contribution in [0.4, 0.5) is 4.79 Å². The number of rotatable bonds is 30. The van der Waals surface area contributed by atoms with Crippen molar-refractivity contribution in [3.05, 3.63) is 59.7 Å². The van der Waals surface area contributed by atoms with Crippen molar-refractivity contribution in [1.29, 1.82) is 0 Å². The van der Waals surface area contributed by atoms with E-state index >= 15 is 0 Å². The quantitative estimate of drug-likeness (QED) is 0.0946. The number of hydrogen-bond acceptors (Lipinski definition) is 12. The highest BCUT2D eigenvalue weighted by Crippen LogP contribution is 2.44. The van der Waals surface area contributed by atoms with Crippen molar-refractivity contribution < 1.29 is 57.0 Å². The molecule has 49 heavy (non-hydrogen) atoms. The van der Waals surface area contributed by atoms with Gasteiger partial charge in [-0.25, -0.2) is 4.79 Å². The van der Waals surface area contributed by atoms with Crippen LogP contribution in [0.25, 0.3) is 11.1 Å². The number of fused-ring (bicyclic) bond motifs is 3. The lowest BCUT2D eigenvalue weighted by Crippen LogP contribution is -2.29. The standard InChI is InChI=1S/C36H53NO12/c1-2-48-35(38)11-13-40-15-17-42-19-21-44-23-25-46-27-28-47-26-24-45-22-20-43-18-16-41-14-12-37-36(39)49-29-34-32-9-5-3-7-30(32)31-8-4-6-10-33(31)34/h3-10,34H,2,11-29H2,1H3,(H,37,39). The zero-order chi connectivity index (χ0) is 34.6. The highest BCUT2D eigenvalue weighted by Gasteiger charge is 2.28. The average molecular weight is 692 g/mol. The molecule has 1 amide bonds. The summed E-state index contributed by atoms with van der Waals surface area (Å²) in [5.74, 6) is -0.219. The van der Waals surface area contributed by atoms with E-state index in [1.54, 1.807) is 6.92 Å². The minimum absolute atomic E-state index is 0.0357. The molecule has 1 N–H and O–H groups in total. The van der Waals surface area contributed by atoms with Crippen LogP contribution in [0.2, 0.25) is 0 Å². The van der Waals surface area contributed by atoms with E-state index in [-0.39, 0.29) is 24.9 Å². The Bertz CT molecular complexity index is 1120. The van der Waals surface area contributed by atoms with Crippen LogP contribution in [0.1, 0.15) is 30.4 Å². The van der Waals surface area contributed by atoms with Crippen molar-refractivity contribution in [1.82, 2.24) is 5.32 Å². The molecule has 0 aromatic heterocycles. The third-order valence-corrected chi connectivity index (χ3v) is 7.22. The number of benzene rings is 2. The molecular formula is C36H53NO12. The number of ether oxygens (including phenoxy) is 10. The number of amides is 1. The molecule has 13 nitrogen and oxygen atoms in total. The van der Waals surface area contributed by atoms with Crippen LogP contribution in [-0.2, 0) is 52.2 Å². The fourth-order valence-electron chi connectivity index (χ4n) is 4.90. The zero-order valence-corrected chi connectivity index (χ0v) is 28.7. The van der Waals surface area contributed by atoms with E-state index in [1.807, 2.05) is 24.3 Å². The lowest BCUT2D eigenvalue weighted by molar-refractivity contribution is -0.144. The molecule has 2 aromatic carbocycles. The van der Waals surface area contributed by atoms with Gasteiger partial charge in [0.05, 0.1) is 119 Å². The Hall–Kier alpha value is -3.14. The summed E-state index contributed by atoms with van der Waals surface area (Å²) in [4.78, 5) is 23.4. The molecular weight excluding hydrogens is 638 g/mol. The van der Waals surface area contributed by atoms with Crippen molar-refractivity contribution in [2.24, 2.45) is 0 Å². The van der Waals surface area contributed by atoms with Gasteiger partial charge in [0.15, 0.2) is 0 Å². The lowest BCUT2D eigenvalue weighted by Gasteiger charge is -2.14. The number of carbonyl (C=O) groups excluding carboxylic acids is 2. The third kappa shape index (κ3) is 17.4. The lowest BCUT2D eigenvalue weighted by atomic mass is 9.98. The van der Waals surface area contributed by atoms with E-state index < -0.39 is 6.09 Å². The fourth-order valence-corrected chi connectivity index (χ4v) is 4.90. The van der Waals surface area contributed by atoms with Gasteiger partial charge in [0.1, 0.15) is 6.61 Å².